The van der Waals surface area contributed by atoms with Crippen LogP contribution in [0, 0.1) is 0 Å². The van der Waals surface area contributed by atoms with E-state index in [1.807, 2.05) is 48.5 Å². The number of carbonyl (C=O) groups is 1. The number of carbonyl (C=O) groups excluding carboxylic acids is 1. The van der Waals surface area contributed by atoms with Crippen LogP contribution in [0.15, 0.2) is 53.3 Å². The molecule has 0 saturated heterocycles. The second-order valence-corrected chi connectivity index (χ2v) is 5.82. The second kappa shape index (κ2) is 5.88. The molecule has 6 nitrogen and oxygen atoms in total. The number of hydrogen-bond donors (Lipinski definition) is 2. The van der Waals surface area contributed by atoms with E-state index in [2.05, 4.69) is 10.3 Å². The van der Waals surface area contributed by atoms with Gasteiger partial charge in [-0.2, -0.15) is 0 Å². The van der Waals surface area contributed by atoms with E-state index in [1.54, 1.807) is 4.57 Å². The number of nitrogens with one attached hydrogen (secondary N) is 2. The van der Waals surface area contributed by atoms with Crippen LogP contribution < -0.4 is 15.7 Å². The van der Waals surface area contributed by atoms with Gasteiger partial charge in [-0.3, -0.25) is 9.36 Å². The number of fused-ring (bicyclic) bond motifs is 2. The van der Waals surface area contributed by atoms with Gasteiger partial charge in [-0.1, -0.05) is 30.3 Å². The largest absolute Gasteiger partial charge is 0.491 e. The number of amides is 1. The van der Waals surface area contributed by atoms with Crippen LogP contribution in [0.5, 0.6) is 5.75 Å². The number of hydrogen-bond acceptors (Lipinski definition) is 3. The number of aromatic nitrogens is 2. The van der Waals surface area contributed by atoms with Crippen LogP contribution >= 0.6 is 0 Å². The number of imidazole rings is 1. The SMILES string of the molecule is O=C(CCn1c(=O)[nH]c2ccccc21)NC1COc2ccccc21. The topological polar surface area (TPSA) is 76.1 Å². The molecule has 4 rings (SSSR count). The Balaban J connectivity index is 1.44. The van der Waals surface area contributed by atoms with Crippen LogP contribution in [0.4, 0.5) is 0 Å². The first-order valence-corrected chi connectivity index (χ1v) is 7.91. The summed E-state index contributed by atoms with van der Waals surface area (Å²) in [5.41, 5.74) is 2.39. The van der Waals surface area contributed by atoms with Crippen LogP contribution in [-0.4, -0.2) is 22.1 Å². The highest BCUT2D eigenvalue weighted by molar-refractivity contribution is 5.78. The summed E-state index contributed by atoms with van der Waals surface area (Å²) < 4.78 is 7.16. The fourth-order valence-electron chi connectivity index (χ4n) is 3.09. The van der Waals surface area contributed by atoms with Crippen LogP contribution in [-0.2, 0) is 11.3 Å². The summed E-state index contributed by atoms with van der Waals surface area (Å²) in [5.74, 6) is 0.716. The number of para-hydroxylation sites is 3. The van der Waals surface area contributed by atoms with Gasteiger partial charge in [-0.15, -0.1) is 0 Å². The van der Waals surface area contributed by atoms with E-state index in [9.17, 15) is 9.59 Å². The lowest BCUT2D eigenvalue weighted by molar-refractivity contribution is -0.122. The molecule has 1 aliphatic heterocycles. The first-order valence-electron chi connectivity index (χ1n) is 7.91. The molecule has 122 valence electrons. The van der Waals surface area contributed by atoms with Crippen LogP contribution in [0.25, 0.3) is 11.0 Å². The van der Waals surface area contributed by atoms with Crippen LogP contribution in [0.3, 0.4) is 0 Å². The molecule has 1 aromatic heterocycles. The average molecular weight is 323 g/mol. The smallest absolute Gasteiger partial charge is 0.326 e. The predicted octanol–water partition coefficient (Wildman–Crippen LogP) is 1.97. The molecule has 2 aromatic carbocycles. The number of benzene rings is 2. The molecule has 0 saturated carbocycles. The normalized spacial score (nSPS) is 15.9. The van der Waals surface area contributed by atoms with E-state index in [0.29, 0.717) is 13.2 Å². The Bertz CT molecular complexity index is 957. The first-order chi connectivity index (χ1) is 11.7. The van der Waals surface area contributed by atoms with E-state index in [4.69, 9.17) is 4.74 Å². The lowest BCUT2D eigenvalue weighted by atomic mass is 10.1. The molecule has 1 unspecified atom stereocenters. The van der Waals surface area contributed by atoms with Crippen molar-refractivity contribution in [2.45, 2.75) is 19.0 Å². The minimum atomic E-state index is -0.196. The van der Waals surface area contributed by atoms with Gasteiger partial charge < -0.3 is 15.0 Å². The summed E-state index contributed by atoms with van der Waals surface area (Å²) in [4.78, 5) is 27.1. The zero-order valence-electron chi connectivity index (χ0n) is 13.0. The fraction of sp³-hybridized carbons (Fsp3) is 0.222. The van der Waals surface area contributed by atoms with Crippen molar-refractivity contribution in [1.29, 1.82) is 0 Å². The number of aryl methyl sites for hydroxylation is 1. The molecule has 2 heterocycles. The van der Waals surface area contributed by atoms with Crippen LogP contribution in [0.1, 0.15) is 18.0 Å². The third-order valence-corrected chi connectivity index (χ3v) is 4.28. The molecule has 1 amide bonds. The number of H-pyrrole nitrogens is 1. The summed E-state index contributed by atoms with van der Waals surface area (Å²) >= 11 is 0. The number of ether oxygens (including phenoxy) is 1. The molecule has 2 N–H and O–H groups in total. The van der Waals surface area contributed by atoms with Gasteiger partial charge >= 0.3 is 5.69 Å². The van der Waals surface area contributed by atoms with Crippen molar-refractivity contribution in [1.82, 2.24) is 14.9 Å². The molecule has 0 aliphatic carbocycles. The quantitative estimate of drug-likeness (QED) is 0.771. The van der Waals surface area contributed by atoms with Gasteiger partial charge in [0, 0.05) is 18.5 Å². The Hall–Kier alpha value is -3.02. The molecule has 24 heavy (non-hydrogen) atoms. The van der Waals surface area contributed by atoms with E-state index in [0.717, 1.165) is 22.3 Å². The minimum absolute atomic E-state index is 0.0996. The summed E-state index contributed by atoms with van der Waals surface area (Å²) in [6.07, 6.45) is 0.237. The number of rotatable bonds is 4. The maximum Gasteiger partial charge on any atom is 0.326 e. The van der Waals surface area contributed by atoms with Gasteiger partial charge in [0.1, 0.15) is 12.4 Å². The third kappa shape index (κ3) is 2.56. The first kappa shape index (κ1) is 14.6. The monoisotopic (exact) mass is 323 g/mol. The maximum absolute atomic E-state index is 12.3. The molecule has 6 heteroatoms. The minimum Gasteiger partial charge on any atom is -0.491 e. The summed E-state index contributed by atoms with van der Waals surface area (Å²) in [6.45, 7) is 0.780. The van der Waals surface area contributed by atoms with Gasteiger partial charge in [0.15, 0.2) is 0 Å². The van der Waals surface area contributed by atoms with Crippen molar-refractivity contribution < 1.29 is 9.53 Å². The zero-order chi connectivity index (χ0) is 16.5. The Kier molecular flexibility index (Phi) is 3.57. The molecular formula is C18H17N3O3. The standard InChI is InChI=1S/C18H17N3O3/c22-17(19-14-11-24-16-8-4-1-5-12(14)16)9-10-21-15-7-3-2-6-13(15)20-18(21)23/h1-8,14H,9-11H2,(H,19,22)(H,20,23). The van der Waals surface area contributed by atoms with Crippen molar-refractivity contribution in [3.8, 4) is 5.75 Å². The lowest BCUT2D eigenvalue weighted by Gasteiger charge is -2.12. The summed E-state index contributed by atoms with van der Waals surface area (Å²) in [6, 6.07) is 15.0. The Morgan fingerprint density at radius 1 is 1.21 bits per heavy atom. The highest BCUT2D eigenvalue weighted by Gasteiger charge is 2.24. The summed E-state index contributed by atoms with van der Waals surface area (Å²) in [5, 5.41) is 2.98. The molecule has 0 spiro atoms. The van der Waals surface area contributed by atoms with E-state index < -0.39 is 0 Å². The fourth-order valence-corrected chi connectivity index (χ4v) is 3.09. The van der Waals surface area contributed by atoms with Gasteiger partial charge in [0.05, 0.1) is 17.1 Å². The van der Waals surface area contributed by atoms with Crippen molar-refractivity contribution >= 4 is 16.9 Å². The maximum atomic E-state index is 12.3. The lowest BCUT2D eigenvalue weighted by Crippen LogP contribution is -2.31. The van der Waals surface area contributed by atoms with Gasteiger partial charge in [-0.05, 0) is 18.2 Å². The second-order valence-electron chi connectivity index (χ2n) is 5.82. The predicted molar refractivity (Wildman–Crippen MR) is 90.0 cm³/mol. The van der Waals surface area contributed by atoms with E-state index >= 15 is 0 Å². The Morgan fingerprint density at radius 2 is 2.00 bits per heavy atom. The Morgan fingerprint density at radius 3 is 2.92 bits per heavy atom. The van der Waals surface area contributed by atoms with Crippen molar-refractivity contribution in [2.75, 3.05) is 6.61 Å². The highest BCUT2D eigenvalue weighted by atomic mass is 16.5. The molecule has 0 fully saturated rings. The number of nitrogens with zero attached hydrogens (tertiary/aromatic N) is 1. The van der Waals surface area contributed by atoms with Crippen molar-refractivity contribution in [2.24, 2.45) is 0 Å². The van der Waals surface area contributed by atoms with Gasteiger partial charge in [-0.25, -0.2) is 4.79 Å². The zero-order valence-corrected chi connectivity index (χ0v) is 13.0. The van der Waals surface area contributed by atoms with Crippen molar-refractivity contribution in [3.63, 3.8) is 0 Å². The molecule has 1 atom stereocenters. The third-order valence-electron chi connectivity index (χ3n) is 4.28. The molecule has 1 aliphatic rings. The molecule has 0 bridgehead atoms. The highest BCUT2D eigenvalue weighted by Crippen LogP contribution is 2.31. The average Bonchev–Trinajstić information content (AvgIpc) is 3.14. The Labute approximate surface area is 138 Å². The molecular weight excluding hydrogens is 306 g/mol. The number of aromatic amines is 1. The van der Waals surface area contributed by atoms with Gasteiger partial charge in [0.25, 0.3) is 0 Å². The van der Waals surface area contributed by atoms with E-state index in [1.165, 1.54) is 0 Å². The molecule has 0 radical (unpaired) electrons. The van der Waals surface area contributed by atoms with E-state index in [-0.39, 0.29) is 24.1 Å². The molecule has 3 aromatic rings. The van der Waals surface area contributed by atoms with Gasteiger partial charge in [0.2, 0.25) is 5.91 Å². The summed E-state index contributed by atoms with van der Waals surface area (Å²) in [7, 11) is 0. The van der Waals surface area contributed by atoms with Crippen molar-refractivity contribution in [3.05, 3.63) is 64.6 Å². The van der Waals surface area contributed by atoms with Crippen LogP contribution in [0.2, 0.25) is 0 Å².